The van der Waals surface area contributed by atoms with E-state index in [1.165, 1.54) is 21.3 Å². The lowest BCUT2D eigenvalue weighted by molar-refractivity contribution is -0.138. The molecule has 6 aliphatic heterocycles. The van der Waals surface area contributed by atoms with Crippen molar-refractivity contribution < 1.29 is 67.1 Å². The first-order chi connectivity index (χ1) is 55.4. The molecule has 0 spiro atoms. The molecular weight excluding hydrogens is 1480 g/mol. The molecule has 8 N–H and O–H groups in total. The summed E-state index contributed by atoms with van der Waals surface area (Å²) in [5.74, 6) is 4.20. The summed E-state index contributed by atoms with van der Waals surface area (Å²) in [6.45, 7) is 25.7. The first-order valence-electron chi connectivity index (χ1n) is 40.1. The van der Waals surface area contributed by atoms with Crippen LogP contribution in [0.3, 0.4) is 0 Å². The van der Waals surface area contributed by atoms with Crippen LogP contribution in [0.5, 0.6) is 11.5 Å². The predicted octanol–water partition coefficient (Wildman–Crippen LogP) is 15.0. The zero-order valence-corrected chi connectivity index (χ0v) is 68.2. The molecule has 4 saturated heterocycles. The van der Waals surface area contributed by atoms with Gasteiger partial charge in [0.15, 0.2) is 0 Å². The number of nitrogens with zero attached hydrogens (tertiary/aromatic N) is 8. The molecule has 29 nitrogen and oxygen atoms in total. The van der Waals surface area contributed by atoms with E-state index < -0.39 is 48.1 Å². The Hall–Kier alpha value is -11.8. The lowest BCUT2D eigenvalue weighted by atomic mass is 9.92. The van der Waals surface area contributed by atoms with E-state index in [9.17, 15) is 38.7 Å². The highest BCUT2D eigenvalue weighted by Gasteiger charge is 2.46. The third-order valence-corrected chi connectivity index (χ3v) is 23.6. The van der Waals surface area contributed by atoms with Gasteiger partial charge >= 0.3 is 24.4 Å². The van der Waals surface area contributed by atoms with Crippen molar-refractivity contribution in [1.82, 2.24) is 75.4 Å². The van der Waals surface area contributed by atoms with Gasteiger partial charge in [-0.1, -0.05) is 84.9 Å². The molecule has 16 rings (SSSR count). The lowest BCUT2D eigenvalue weighted by Crippen LogP contribution is -2.54. The number of fused-ring (bicyclic) bond motifs is 12. The summed E-state index contributed by atoms with van der Waals surface area (Å²) >= 11 is 0. The molecule has 12 atom stereocenters. The molecule has 29 heteroatoms. The fraction of sp³-hybridized carbons (Fsp3) is 0.460. The van der Waals surface area contributed by atoms with Crippen LogP contribution in [0.2, 0.25) is 0 Å². The number of carbonyl (C=O) groups is 7. The van der Waals surface area contributed by atoms with Crippen LogP contribution in [-0.2, 0) is 46.5 Å². The quantitative estimate of drug-likeness (QED) is 0.0417. The highest BCUT2D eigenvalue weighted by molar-refractivity contribution is 6.08. The zero-order chi connectivity index (χ0) is 82.2. The topological polar surface area (TPSA) is 359 Å². The monoisotopic (exact) mass is 1580 g/mol. The normalized spacial score (nSPS) is 21.3. The first kappa shape index (κ1) is 79.5. The molecule has 116 heavy (non-hydrogen) atoms. The first-order valence-corrected chi connectivity index (χ1v) is 40.1. The second-order valence-corrected chi connectivity index (χ2v) is 33.9. The largest absolute Gasteiger partial charge is 0.488 e. The van der Waals surface area contributed by atoms with Gasteiger partial charge in [0, 0.05) is 54.7 Å². The predicted molar refractivity (Wildman–Crippen MR) is 436 cm³/mol. The van der Waals surface area contributed by atoms with E-state index in [4.69, 9.17) is 48.4 Å². The molecule has 0 aliphatic carbocycles. The van der Waals surface area contributed by atoms with Gasteiger partial charge in [-0.15, -0.1) is 0 Å². The van der Waals surface area contributed by atoms with Gasteiger partial charge in [0.1, 0.15) is 71.7 Å². The maximum Gasteiger partial charge on any atom is 0.410 e. The Morgan fingerprint density at radius 1 is 0.517 bits per heavy atom. The van der Waals surface area contributed by atoms with Crippen molar-refractivity contribution in [3.63, 3.8) is 0 Å². The smallest absolute Gasteiger partial charge is 0.410 e. The number of aromatic amines is 4. The summed E-state index contributed by atoms with van der Waals surface area (Å²) < 4.78 is 33.6. The number of likely N-dealkylation sites (tertiary alicyclic amines) is 4. The van der Waals surface area contributed by atoms with E-state index in [-0.39, 0.29) is 77.7 Å². The molecular formula is C87H103N15O14. The number of alkyl carbamates (subject to hydrolysis) is 2. The average molecular weight is 1580 g/mol. The molecule has 610 valence electrons. The molecule has 7 amide bonds. The van der Waals surface area contributed by atoms with Crippen LogP contribution < -0.4 is 25.4 Å². The van der Waals surface area contributed by atoms with E-state index in [1.54, 1.807) is 27.8 Å². The molecule has 4 fully saturated rings. The van der Waals surface area contributed by atoms with Crippen LogP contribution >= 0.6 is 0 Å². The van der Waals surface area contributed by atoms with Gasteiger partial charge in [-0.3, -0.25) is 19.3 Å². The molecule has 0 unspecified atom stereocenters. The summed E-state index contributed by atoms with van der Waals surface area (Å²) in [6, 6.07) is 25.6. The van der Waals surface area contributed by atoms with Crippen molar-refractivity contribution in [2.24, 2.45) is 29.6 Å². The van der Waals surface area contributed by atoms with Gasteiger partial charge in [0.25, 0.3) is 0 Å². The molecule has 10 heterocycles. The van der Waals surface area contributed by atoms with Gasteiger partial charge in [0.2, 0.25) is 17.7 Å². The number of aromatic nitrogens is 8. The summed E-state index contributed by atoms with van der Waals surface area (Å²) in [7, 11) is 4.06. The number of ether oxygens (including phenoxy) is 6. The van der Waals surface area contributed by atoms with Crippen molar-refractivity contribution in [3.05, 3.63) is 132 Å². The van der Waals surface area contributed by atoms with Crippen molar-refractivity contribution in [3.8, 4) is 56.3 Å². The Bertz CT molecular complexity index is 5480. The molecule has 6 aliphatic rings. The number of nitrogens with one attached hydrogen (secondary N) is 7. The van der Waals surface area contributed by atoms with Gasteiger partial charge in [-0.05, 0) is 189 Å². The van der Waals surface area contributed by atoms with E-state index in [1.807, 2.05) is 78.6 Å². The number of H-pyrrole nitrogens is 4. The van der Waals surface area contributed by atoms with Gasteiger partial charge in [-0.25, -0.2) is 39.1 Å². The van der Waals surface area contributed by atoms with Crippen molar-refractivity contribution in [2.75, 3.05) is 41.0 Å². The van der Waals surface area contributed by atoms with Crippen molar-refractivity contribution in [2.45, 2.75) is 188 Å². The number of hydrogen-bond donors (Lipinski definition) is 8. The fourth-order valence-corrected chi connectivity index (χ4v) is 17.7. The summed E-state index contributed by atoms with van der Waals surface area (Å²) in [5, 5.41) is 21.1. The Morgan fingerprint density at radius 2 is 0.966 bits per heavy atom. The summed E-state index contributed by atoms with van der Waals surface area (Å²) in [6.07, 6.45) is 3.93. The highest BCUT2D eigenvalue weighted by Crippen LogP contribution is 2.48. The third kappa shape index (κ3) is 15.5. The Balaban J connectivity index is 0.000000183. The molecule has 0 saturated carbocycles. The second-order valence-electron chi connectivity index (χ2n) is 33.9. The van der Waals surface area contributed by atoms with Gasteiger partial charge in [-0.2, -0.15) is 0 Å². The van der Waals surface area contributed by atoms with Crippen LogP contribution in [-0.4, -0.2) is 184 Å². The van der Waals surface area contributed by atoms with Crippen LogP contribution in [0.25, 0.3) is 88.4 Å². The van der Waals surface area contributed by atoms with Gasteiger partial charge in [0.05, 0.1) is 90.3 Å². The van der Waals surface area contributed by atoms with Crippen molar-refractivity contribution in [1.29, 1.82) is 0 Å². The van der Waals surface area contributed by atoms with Gasteiger partial charge < -0.3 is 84.1 Å². The minimum Gasteiger partial charge on any atom is -0.488 e. The minimum absolute atomic E-state index is 0.0604. The van der Waals surface area contributed by atoms with Crippen LogP contribution in [0.15, 0.2) is 97.3 Å². The molecule has 0 bridgehead atoms. The van der Waals surface area contributed by atoms with Crippen molar-refractivity contribution >= 4 is 85.7 Å². The number of rotatable bonds is 16. The summed E-state index contributed by atoms with van der Waals surface area (Å²) in [4.78, 5) is 131. The average Bonchev–Trinajstić information content (AvgIpc) is 1.24. The highest BCUT2D eigenvalue weighted by atomic mass is 16.6. The molecule has 10 aromatic rings. The Morgan fingerprint density at radius 3 is 1.43 bits per heavy atom. The van der Waals surface area contributed by atoms with E-state index in [0.717, 1.165) is 148 Å². The number of amides is 7. The second kappa shape index (κ2) is 31.8. The van der Waals surface area contributed by atoms with Crippen LogP contribution in [0.4, 0.5) is 19.2 Å². The standard InChI is InChI=1S/C44H52N8O8.C43H51N7O6/c1-21(2)36(49-43(55)56)42(54)52-23(4)8-13-33(52)39-45-18-32(47-39)26-9-11-28-27(15-26)20-60-35-17-29-25(16-30(28)35)10-12-31-38(29)48-40(46-31)34-14-22(3)19-51(34)41(53)37(24(5)58-6)50-44(57)59-7;1-22(2)36(48-41(52)54-8)40(51)49-19-23(3)13-33(49)38-44-18-32(46-38)26-9-11-28-27(15-26)21-55-35-17-29-25(16-30(28)35)10-12-31-37(29)47-39(45-31)34-14-24(4)20-50(34)42(53)56-43(5,6)7/h9-12,15-18,21-24,33-34,36-37,49H,8,13-14,19-20H2,1-7H3,(H,45,47)(H,46,48)(H,50,57)(H,55,56);9-12,15-18,22-24,33-34,36H,13-14,19-21H2,1-8H3,(H,44,46)(H,45,47)(H,48,52)/t22-,23-,24+,33-,34-,36-,37-;23-,24-,33-,34-,36-/m00/s1. The summed E-state index contributed by atoms with van der Waals surface area (Å²) in [5.41, 5.74) is 12.6. The number of hydrogen-bond acceptors (Lipinski definition) is 17. The minimum atomic E-state index is -1.22. The van der Waals surface area contributed by atoms with Crippen LogP contribution in [0.1, 0.15) is 174 Å². The maximum absolute atomic E-state index is 14.0. The van der Waals surface area contributed by atoms with E-state index >= 15 is 0 Å². The van der Waals surface area contributed by atoms with E-state index in [2.05, 4.69) is 129 Å². The molecule has 6 aromatic carbocycles. The maximum atomic E-state index is 14.0. The number of methoxy groups -OCH3 is 3. The zero-order valence-electron chi connectivity index (χ0n) is 68.2. The van der Waals surface area contributed by atoms with E-state index in [0.29, 0.717) is 56.8 Å². The number of benzene rings is 6. The number of carboxylic acid groups (broad SMARTS) is 1. The molecule has 4 aromatic heterocycles. The lowest BCUT2D eigenvalue weighted by Gasteiger charge is -2.32. The molecule has 0 radical (unpaired) electrons. The van der Waals surface area contributed by atoms with Crippen LogP contribution in [0, 0.1) is 29.6 Å². The SMILES string of the molecule is COC(=O)N[C@H](C(=O)N1C[C@@H](C)C[C@H]1c1nc2c(ccc3cc4c(cc32)OCc2cc(-c3cnc([C@@H]5CC[C@H](C)N5C(=O)[C@@H](NC(=O)O)C(C)C)[nH]3)ccc2-4)[nH]1)[C@@H](C)OC.COC(=O)N[C@H](C(=O)N1C[C@@H](C)C[C@H]1c1ncc(-c2ccc3c(c2)COc2cc4c(ccc5[nH]c([C@@H]6C[C@H](C)CN6C(=O)OC(C)(C)C)nc54)cc2-3)[nH]1)C(C)C. The Labute approximate surface area is 672 Å². The number of imidazole rings is 4. The Kier molecular flexibility index (Phi) is 21.8. The number of carbonyl (C=O) groups excluding carboxylic acids is 6. The third-order valence-electron chi connectivity index (χ3n) is 23.6. The fourth-order valence-electron chi connectivity index (χ4n) is 17.7.